The highest BCUT2D eigenvalue weighted by Gasteiger charge is 2.35. The van der Waals surface area contributed by atoms with Crippen molar-refractivity contribution in [1.82, 2.24) is 5.32 Å². The van der Waals surface area contributed by atoms with E-state index >= 15 is 0 Å². The topological polar surface area (TPSA) is 38.3 Å². The van der Waals surface area contributed by atoms with E-state index in [1.54, 1.807) is 12.1 Å². The lowest BCUT2D eigenvalue weighted by atomic mass is 9.74. The first-order valence-corrected chi connectivity index (χ1v) is 7.62. The second-order valence-corrected chi connectivity index (χ2v) is 6.28. The lowest BCUT2D eigenvalue weighted by molar-refractivity contribution is -0.122. The van der Waals surface area contributed by atoms with Gasteiger partial charge in [0, 0.05) is 31.6 Å². The standard InChI is InChI=1S/C17H24FNO2/c1-13(2)10-16(20)19-12-17(6-8-21-9-7-17)14-4-3-5-15(18)11-14/h3-5,11,13H,6-10,12H2,1-2H3,(H,19,20). The number of hydrogen-bond donors (Lipinski definition) is 1. The predicted octanol–water partition coefficient (Wildman–Crippen LogP) is 3.04. The van der Waals surface area contributed by atoms with Crippen molar-refractivity contribution in [1.29, 1.82) is 0 Å². The zero-order valence-corrected chi connectivity index (χ0v) is 12.8. The average molecular weight is 293 g/mol. The van der Waals surface area contributed by atoms with E-state index in [9.17, 15) is 9.18 Å². The number of benzene rings is 1. The van der Waals surface area contributed by atoms with E-state index in [1.807, 2.05) is 19.9 Å². The molecule has 4 heteroatoms. The molecule has 1 heterocycles. The molecule has 0 aromatic heterocycles. The highest BCUT2D eigenvalue weighted by atomic mass is 19.1. The number of ether oxygens (including phenoxy) is 1. The molecule has 116 valence electrons. The molecule has 1 N–H and O–H groups in total. The Labute approximate surface area is 125 Å². The van der Waals surface area contributed by atoms with Gasteiger partial charge in [-0.3, -0.25) is 4.79 Å². The molecule has 2 rings (SSSR count). The summed E-state index contributed by atoms with van der Waals surface area (Å²) in [5.41, 5.74) is 0.739. The van der Waals surface area contributed by atoms with E-state index in [1.165, 1.54) is 6.07 Å². The fourth-order valence-electron chi connectivity index (χ4n) is 2.86. The van der Waals surface area contributed by atoms with Gasteiger partial charge in [-0.15, -0.1) is 0 Å². The molecule has 1 aromatic carbocycles. The van der Waals surface area contributed by atoms with E-state index in [0.29, 0.717) is 32.1 Å². The van der Waals surface area contributed by atoms with Gasteiger partial charge in [0.2, 0.25) is 5.91 Å². The fourth-order valence-corrected chi connectivity index (χ4v) is 2.86. The van der Waals surface area contributed by atoms with Crippen LogP contribution in [-0.4, -0.2) is 25.7 Å². The van der Waals surface area contributed by atoms with Gasteiger partial charge in [-0.05, 0) is 36.5 Å². The van der Waals surface area contributed by atoms with Gasteiger partial charge in [-0.2, -0.15) is 0 Å². The summed E-state index contributed by atoms with van der Waals surface area (Å²) in [6, 6.07) is 6.72. The zero-order chi connectivity index (χ0) is 15.3. The van der Waals surface area contributed by atoms with Crippen molar-refractivity contribution in [3.8, 4) is 0 Å². The largest absolute Gasteiger partial charge is 0.381 e. The number of nitrogens with one attached hydrogen (secondary N) is 1. The number of amides is 1. The maximum absolute atomic E-state index is 13.5. The third kappa shape index (κ3) is 4.27. The van der Waals surface area contributed by atoms with Crippen LogP contribution >= 0.6 is 0 Å². The van der Waals surface area contributed by atoms with Gasteiger partial charge >= 0.3 is 0 Å². The highest BCUT2D eigenvalue weighted by molar-refractivity contribution is 5.76. The summed E-state index contributed by atoms with van der Waals surface area (Å²) in [5.74, 6) is 0.170. The van der Waals surface area contributed by atoms with Crippen molar-refractivity contribution in [3.63, 3.8) is 0 Å². The monoisotopic (exact) mass is 293 g/mol. The lowest BCUT2D eigenvalue weighted by Crippen LogP contribution is -2.44. The quantitative estimate of drug-likeness (QED) is 0.906. The molecule has 1 aliphatic rings. The number of halogens is 1. The molecule has 0 aliphatic carbocycles. The molecule has 1 aromatic rings. The minimum absolute atomic E-state index is 0.0623. The Kier molecular flexibility index (Phi) is 5.34. The third-order valence-electron chi connectivity index (χ3n) is 4.10. The van der Waals surface area contributed by atoms with Crippen LogP contribution in [-0.2, 0) is 14.9 Å². The van der Waals surface area contributed by atoms with Crippen LogP contribution in [0.25, 0.3) is 0 Å². The van der Waals surface area contributed by atoms with Crippen LogP contribution in [0.4, 0.5) is 4.39 Å². The lowest BCUT2D eigenvalue weighted by Gasteiger charge is -2.38. The molecule has 1 aliphatic heterocycles. The predicted molar refractivity (Wildman–Crippen MR) is 80.6 cm³/mol. The first-order valence-electron chi connectivity index (χ1n) is 7.62. The average Bonchev–Trinajstić information content (AvgIpc) is 2.45. The SMILES string of the molecule is CC(C)CC(=O)NCC1(c2cccc(F)c2)CCOCC1. The minimum Gasteiger partial charge on any atom is -0.381 e. The number of carbonyl (C=O) groups is 1. The van der Waals surface area contributed by atoms with Gasteiger partial charge in [-0.25, -0.2) is 4.39 Å². The van der Waals surface area contributed by atoms with E-state index in [2.05, 4.69) is 5.32 Å². The molecule has 0 bridgehead atoms. The molecule has 1 amide bonds. The summed E-state index contributed by atoms with van der Waals surface area (Å²) >= 11 is 0. The van der Waals surface area contributed by atoms with Crippen LogP contribution in [0.1, 0.15) is 38.7 Å². The Hall–Kier alpha value is -1.42. The van der Waals surface area contributed by atoms with E-state index in [0.717, 1.165) is 18.4 Å². The first kappa shape index (κ1) is 16.0. The molecule has 3 nitrogen and oxygen atoms in total. The van der Waals surface area contributed by atoms with Crippen LogP contribution in [0.3, 0.4) is 0 Å². The van der Waals surface area contributed by atoms with Crippen LogP contribution < -0.4 is 5.32 Å². The summed E-state index contributed by atoms with van der Waals surface area (Å²) in [4.78, 5) is 11.9. The second-order valence-electron chi connectivity index (χ2n) is 6.28. The van der Waals surface area contributed by atoms with E-state index < -0.39 is 0 Å². The Morgan fingerprint density at radius 3 is 2.71 bits per heavy atom. The first-order chi connectivity index (χ1) is 10.0. The van der Waals surface area contributed by atoms with Gasteiger partial charge in [0.1, 0.15) is 5.82 Å². The number of carbonyl (C=O) groups excluding carboxylic acids is 1. The van der Waals surface area contributed by atoms with Gasteiger partial charge in [-0.1, -0.05) is 26.0 Å². The Morgan fingerprint density at radius 2 is 2.10 bits per heavy atom. The number of rotatable bonds is 5. The maximum Gasteiger partial charge on any atom is 0.220 e. The summed E-state index contributed by atoms with van der Waals surface area (Å²) in [6.45, 7) is 5.89. The molecular formula is C17H24FNO2. The van der Waals surface area contributed by atoms with Gasteiger partial charge in [0.05, 0.1) is 0 Å². The summed E-state index contributed by atoms with van der Waals surface area (Å²) in [6.07, 6.45) is 2.13. The summed E-state index contributed by atoms with van der Waals surface area (Å²) in [5, 5.41) is 3.03. The molecule has 0 atom stereocenters. The molecule has 0 unspecified atom stereocenters. The van der Waals surface area contributed by atoms with Gasteiger partial charge in [0.15, 0.2) is 0 Å². The van der Waals surface area contributed by atoms with Crippen molar-refractivity contribution >= 4 is 5.91 Å². The minimum atomic E-state index is -0.230. The molecule has 0 radical (unpaired) electrons. The van der Waals surface area contributed by atoms with Crippen molar-refractivity contribution in [3.05, 3.63) is 35.6 Å². The normalized spacial score (nSPS) is 17.7. The molecule has 0 saturated carbocycles. The Bertz CT molecular complexity index is 481. The Balaban J connectivity index is 2.12. The molecule has 21 heavy (non-hydrogen) atoms. The summed E-state index contributed by atoms with van der Waals surface area (Å²) in [7, 11) is 0. The van der Waals surface area contributed by atoms with Crippen LogP contribution in [0.2, 0.25) is 0 Å². The van der Waals surface area contributed by atoms with Gasteiger partial charge < -0.3 is 10.1 Å². The van der Waals surface area contributed by atoms with Crippen molar-refractivity contribution < 1.29 is 13.9 Å². The molecular weight excluding hydrogens is 269 g/mol. The number of hydrogen-bond acceptors (Lipinski definition) is 2. The van der Waals surface area contributed by atoms with E-state index in [-0.39, 0.29) is 17.1 Å². The van der Waals surface area contributed by atoms with Crippen molar-refractivity contribution in [2.75, 3.05) is 19.8 Å². The van der Waals surface area contributed by atoms with E-state index in [4.69, 9.17) is 4.74 Å². The van der Waals surface area contributed by atoms with Crippen LogP contribution in [0.5, 0.6) is 0 Å². The zero-order valence-electron chi connectivity index (χ0n) is 12.8. The Morgan fingerprint density at radius 1 is 1.38 bits per heavy atom. The maximum atomic E-state index is 13.5. The molecule has 0 spiro atoms. The van der Waals surface area contributed by atoms with Crippen molar-refractivity contribution in [2.24, 2.45) is 5.92 Å². The van der Waals surface area contributed by atoms with Gasteiger partial charge in [0.25, 0.3) is 0 Å². The summed E-state index contributed by atoms with van der Waals surface area (Å²) < 4.78 is 19.0. The third-order valence-corrected chi connectivity index (χ3v) is 4.10. The highest BCUT2D eigenvalue weighted by Crippen LogP contribution is 2.34. The second kappa shape index (κ2) is 7.03. The van der Waals surface area contributed by atoms with Crippen LogP contribution in [0, 0.1) is 11.7 Å². The van der Waals surface area contributed by atoms with Crippen molar-refractivity contribution in [2.45, 2.75) is 38.5 Å². The van der Waals surface area contributed by atoms with Crippen LogP contribution in [0.15, 0.2) is 24.3 Å². The molecule has 1 fully saturated rings. The smallest absolute Gasteiger partial charge is 0.220 e. The molecule has 1 saturated heterocycles. The fraction of sp³-hybridized carbons (Fsp3) is 0.588.